The number of fused-ring (bicyclic) bond motifs is 1. The smallest absolute Gasteiger partial charge is 0.105 e. The Morgan fingerprint density at radius 2 is 2.14 bits per heavy atom. The number of allylic oxidation sites excluding steroid dienone is 3. The van der Waals surface area contributed by atoms with E-state index in [0.717, 1.165) is 18.8 Å². The number of alkyl halides is 1. The van der Waals surface area contributed by atoms with Crippen LogP contribution in [0.1, 0.15) is 79.1 Å². The summed E-state index contributed by atoms with van der Waals surface area (Å²) in [4.78, 5) is 0. The second-order valence-electron chi connectivity index (χ2n) is 7.88. The normalized spacial score (nSPS) is 34.2. The minimum absolute atomic E-state index is 0.393. The lowest BCUT2D eigenvalue weighted by Gasteiger charge is -2.40. The van der Waals surface area contributed by atoms with E-state index in [9.17, 15) is 4.39 Å². The molecule has 0 aromatic carbocycles. The predicted molar refractivity (Wildman–Crippen MR) is 98.5 cm³/mol. The van der Waals surface area contributed by atoms with E-state index in [1.807, 2.05) is 0 Å². The first-order valence-corrected chi connectivity index (χ1v) is 9.69. The molecule has 21 heavy (non-hydrogen) atoms. The molecule has 0 aromatic heterocycles. The summed E-state index contributed by atoms with van der Waals surface area (Å²) in [5, 5.41) is 0. The molecule has 0 unspecified atom stereocenters. The van der Waals surface area contributed by atoms with Crippen LogP contribution in [0.15, 0.2) is 20.8 Å². The molecule has 0 amide bonds. The largest absolute Gasteiger partial charge is 0.245 e. The monoisotopic (exact) mass is 404 g/mol. The lowest BCUT2D eigenvalue weighted by molar-refractivity contribution is 0.197. The highest BCUT2D eigenvalue weighted by molar-refractivity contribution is 14.1. The lowest BCUT2D eigenvalue weighted by atomic mass is 9.65. The molecule has 2 aliphatic carbocycles. The molecular formula is C19H30FI. The maximum Gasteiger partial charge on any atom is 0.105 e. The van der Waals surface area contributed by atoms with Gasteiger partial charge < -0.3 is 0 Å². The third-order valence-electron chi connectivity index (χ3n) is 5.73. The summed E-state index contributed by atoms with van der Waals surface area (Å²) < 4.78 is 16.0. The molecule has 0 spiro atoms. The predicted octanol–water partition coefficient (Wildman–Crippen LogP) is 7.14. The van der Waals surface area contributed by atoms with Crippen molar-refractivity contribution >= 4 is 22.6 Å². The molecule has 2 saturated carbocycles. The van der Waals surface area contributed by atoms with Crippen LogP contribution < -0.4 is 0 Å². The van der Waals surface area contributed by atoms with Gasteiger partial charge in [0.2, 0.25) is 0 Å². The molecule has 0 bridgehead atoms. The topological polar surface area (TPSA) is 0 Å². The molecule has 0 aromatic rings. The molecule has 0 aliphatic heterocycles. The summed E-state index contributed by atoms with van der Waals surface area (Å²) in [6, 6.07) is 0. The Morgan fingerprint density at radius 1 is 1.43 bits per heavy atom. The molecule has 0 heterocycles. The molecule has 0 nitrogen and oxygen atoms in total. The number of halogens is 2. The Balaban J connectivity index is 2.11. The second-order valence-corrected chi connectivity index (χ2v) is 8.50. The van der Waals surface area contributed by atoms with Crippen molar-refractivity contribution in [2.45, 2.75) is 84.7 Å². The van der Waals surface area contributed by atoms with Crippen molar-refractivity contribution in [2.24, 2.45) is 11.3 Å². The van der Waals surface area contributed by atoms with Crippen molar-refractivity contribution in [3.8, 4) is 0 Å². The zero-order valence-corrected chi connectivity index (χ0v) is 16.2. The van der Waals surface area contributed by atoms with E-state index in [0.29, 0.717) is 11.8 Å². The molecule has 0 N–H and O–H groups in total. The van der Waals surface area contributed by atoms with Crippen LogP contribution in [0.25, 0.3) is 0 Å². The first-order valence-electron chi connectivity index (χ1n) is 8.45. The third-order valence-corrected chi connectivity index (χ3v) is 6.53. The number of hydrogen-bond acceptors (Lipinski definition) is 0. The quantitative estimate of drug-likeness (QED) is 0.345. The van der Waals surface area contributed by atoms with Crippen molar-refractivity contribution < 1.29 is 4.39 Å². The maximum atomic E-state index is 13.6. The standard InChI is InChI=1S/C19H30FI/c1-14(7-5-11-18(2,3)20)16-9-10-17-15(13-21)8-6-12-19(16,17)4/h13,17H,5-12H2,1-4H3/b15-13+,16-14+/t17-,19+/m0/s1. The molecule has 2 heteroatoms. The van der Waals surface area contributed by atoms with Crippen LogP contribution >= 0.6 is 22.6 Å². The van der Waals surface area contributed by atoms with Crippen molar-refractivity contribution in [1.82, 2.24) is 0 Å². The average Bonchev–Trinajstić information content (AvgIpc) is 2.73. The van der Waals surface area contributed by atoms with Crippen LogP contribution in [0.5, 0.6) is 0 Å². The second kappa shape index (κ2) is 6.72. The van der Waals surface area contributed by atoms with Gasteiger partial charge in [-0.25, -0.2) is 4.39 Å². The van der Waals surface area contributed by atoms with Gasteiger partial charge in [-0.05, 0) is 87.6 Å². The zero-order valence-electron chi connectivity index (χ0n) is 14.1. The van der Waals surface area contributed by atoms with E-state index in [-0.39, 0.29) is 0 Å². The summed E-state index contributed by atoms with van der Waals surface area (Å²) in [6.07, 6.45) is 9.29. The van der Waals surface area contributed by atoms with Gasteiger partial charge in [0.05, 0.1) is 0 Å². The van der Waals surface area contributed by atoms with Gasteiger partial charge in [0.25, 0.3) is 0 Å². The fourth-order valence-electron chi connectivity index (χ4n) is 4.61. The van der Waals surface area contributed by atoms with Gasteiger partial charge in [0, 0.05) is 0 Å². The minimum atomic E-state index is -1.02. The van der Waals surface area contributed by atoms with Crippen LogP contribution in [-0.4, -0.2) is 5.67 Å². The highest BCUT2D eigenvalue weighted by Gasteiger charge is 2.46. The van der Waals surface area contributed by atoms with Crippen molar-refractivity contribution in [2.75, 3.05) is 0 Å². The molecule has 0 saturated heterocycles. The van der Waals surface area contributed by atoms with Crippen LogP contribution in [0.2, 0.25) is 0 Å². The summed E-state index contributed by atoms with van der Waals surface area (Å²) in [5.74, 6) is 0.769. The van der Waals surface area contributed by atoms with E-state index in [1.165, 1.54) is 32.1 Å². The maximum absolute atomic E-state index is 13.6. The molecule has 120 valence electrons. The Bertz CT molecular complexity index is 441. The molecule has 2 atom stereocenters. The zero-order chi connectivity index (χ0) is 15.7. The van der Waals surface area contributed by atoms with Crippen LogP contribution in [0.3, 0.4) is 0 Å². The fraction of sp³-hybridized carbons (Fsp3) is 0.789. The highest BCUT2D eigenvalue weighted by atomic mass is 127. The highest BCUT2D eigenvalue weighted by Crippen LogP contribution is 2.58. The molecule has 2 fully saturated rings. The molecular weight excluding hydrogens is 374 g/mol. The van der Waals surface area contributed by atoms with E-state index in [2.05, 4.69) is 40.5 Å². The van der Waals surface area contributed by atoms with Crippen LogP contribution in [0.4, 0.5) is 4.39 Å². The summed E-state index contributed by atoms with van der Waals surface area (Å²) in [5.41, 5.74) is 4.31. The van der Waals surface area contributed by atoms with E-state index < -0.39 is 5.67 Å². The van der Waals surface area contributed by atoms with Gasteiger partial charge in [0.1, 0.15) is 5.67 Å². The van der Waals surface area contributed by atoms with Gasteiger partial charge in [-0.3, -0.25) is 0 Å². The Hall–Kier alpha value is 0.140. The molecule has 0 radical (unpaired) electrons. The summed E-state index contributed by atoms with van der Waals surface area (Å²) in [7, 11) is 0. The first kappa shape index (κ1) is 17.5. The third kappa shape index (κ3) is 3.92. The van der Waals surface area contributed by atoms with E-state index in [4.69, 9.17) is 0 Å². The Kier molecular flexibility index (Phi) is 5.60. The van der Waals surface area contributed by atoms with Gasteiger partial charge in [-0.1, -0.05) is 46.2 Å². The number of hydrogen-bond donors (Lipinski definition) is 0. The number of rotatable bonds is 4. The van der Waals surface area contributed by atoms with Gasteiger partial charge >= 0.3 is 0 Å². The van der Waals surface area contributed by atoms with E-state index >= 15 is 0 Å². The van der Waals surface area contributed by atoms with Gasteiger partial charge in [0.15, 0.2) is 0 Å². The van der Waals surface area contributed by atoms with Gasteiger partial charge in [-0.2, -0.15) is 0 Å². The molecule has 2 rings (SSSR count). The van der Waals surface area contributed by atoms with Gasteiger partial charge in [-0.15, -0.1) is 0 Å². The Labute approximate surface area is 143 Å². The lowest BCUT2D eigenvalue weighted by Crippen LogP contribution is -2.29. The average molecular weight is 404 g/mol. The summed E-state index contributed by atoms with van der Waals surface area (Å²) in [6.45, 7) is 8.18. The summed E-state index contributed by atoms with van der Waals surface area (Å²) >= 11 is 2.43. The van der Waals surface area contributed by atoms with Crippen molar-refractivity contribution in [3.63, 3.8) is 0 Å². The van der Waals surface area contributed by atoms with E-state index in [1.54, 1.807) is 30.6 Å². The molecule has 2 aliphatic rings. The van der Waals surface area contributed by atoms with Crippen molar-refractivity contribution in [3.05, 3.63) is 20.8 Å². The SMILES string of the molecule is C/C(CCCC(C)(C)F)=C1/CC[C@H]2/C(=C/I)CCC[C@]12C. The first-order chi connectivity index (χ1) is 9.78. The van der Waals surface area contributed by atoms with Crippen LogP contribution in [-0.2, 0) is 0 Å². The van der Waals surface area contributed by atoms with Crippen LogP contribution in [0, 0.1) is 11.3 Å². The fourth-order valence-corrected chi connectivity index (χ4v) is 5.36. The Morgan fingerprint density at radius 3 is 2.76 bits per heavy atom. The van der Waals surface area contributed by atoms with Crippen molar-refractivity contribution in [1.29, 1.82) is 0 Å². The minimum Gasteiger partial charge on any atom is -0.245 e.